The Kier molecular flexibility index (Phi) is 7.31. The van der Waals surface area contributed by atoms with E-state index >= 15 is 0 Å². The predicted octanol–water partition coefficient (Wildman–Crippen LogP) is 4.49. The fourth-order valence-electron chi connectivity index (χ4n) is 2.98. The molecule has 2 aromatic rings. The summed E-state index contributed by atoms with van der Waals surface area (Å²) in [7, 11) is 0. The molecule has 2 aromatic carbocycles. The number of nitrogens with zero attached hydrogens (tertiary/aromatic N) is 1. The Bertz CT molecular complexity index is 499. The number of aliphatic hydroxyl groups is 1. The first-order valence-corrected chi connectivity index (χ1v) is 8.67. The average molecular weight is 311 g/mol. The molecule has 0 bridgehead atoms. The molecule has 0 aliphatic rings. The average Bonchev–Trinajstić information content (AvgIpc) is 2.57. The number of aliphatic hydroxyl groups excluding tert-OH is 1. The minimum absolute atomic E-state index is 0.214. The van der Waals surface area contributed by atoms with Gasteiger partial charge in [-0.25, -0.2) is 0 Å². The van der Waals surface area contributed by atoms with Crippen molar-refractivity contribution in [3.8, 4) is 0 Å². The van der Waals surface area contributed by atoms with Gasteiger partial charge < -0.3 is 5.11 Å². The fourth-order valence-corrected chi connectivity index (χ4v) is 2.98. The van der Waals surface area contributed by atoms with Crippen molar-refractivity contribution in [1.29, 1.82) is 0 Å². The third-order valence-electron chi connectivity index (χ3n) is 4.29. The van der Waals surface area contributed by atoms with Gasteiger partial charge in [0.15, 0.2) is 0 Å². The van der Waals surface area contributed by atoms with E-state index in [2.05, 4.69) is 79.4 Å². The third kappa shape index (κ3) is 6.17. The van der Waals surface area contributed by atoms with E-state index < -0.39 is 0 Å². The fraction of sp³-hybridized carbons (Fsp3) is 0.429. The van der Waals surface area contributed by atoms with Gasteiger partial charge in [0.25, 0.3) is 0 Å². The Morgan fingerprint density at radius 1 is 0.870 bits per heavy atom. The van der Waals surface area contributed by atoms with Crippen molar-refractivity contribution in [2.24, 2.45) is 5.92 Å². The van der Waals surface area contributed by atoms with Crippen molar-refractivity contribution in [2.75, 3.05) is 6.54 Å². The molecule has 0 aromatic heterocycles. The normalized spacial score (nSPS) is 13.9. The zero-order valence-electron chi connectivity index (χ0n) is 14.4. The maximum absolute atomic E-state index is 10.3. The van der Waals surface area contributed by atoms with Gasteiger partial charge in [0.2, 0.25) is 0 Å². The number of benzene rings is 2. The highest BCUT2D eigenvalue weighted by Crippen LogP contribution is 2.16. The van der Waals surface area contributed by atoms with E-state index in [9.17, 15) is 5.11 Å². The first kappa shape index (κ1) is 17.7. The van der Waals surface area contributed by atoms with E-state index in [4.69, 9.17) is 0 Å². The maximum Gasteiger partial charge on any atom is 0.0577 e. The van der Waals surface area contributed by atoms with Crippen molar-refractivity contribution >= 4 is 0 Å². The lowest BCUT2D eigenvalue weighted by Gasteiger charge is -2.28. The van der Waals surface area contributed by atoms with Gasteiger partial charge in [-0.3, -0.25) is 4.90 Å². The molecule has 0 aliphatic carbocycles. The molecular formula is C21H29NO. The van der Waals surface area contributed by atoms with E-state index in [0.29, 0.717) is 0 Å². The number of rotatable bonds is 9. The quantitative estimate of drug-likeness (QED) is 0.738. The molecule has 0 saturated carbocycles. The molecule has 0 amide bonds. The molecule has 0 spiro atoms. The second-order valence-electron chi connectivity index (χ2n) is 6.47. The lowest BCUT2D eigenvalue weighted by Crippen LogP contribution is -2.33. The summed E-state index contributed by atoms with van der Waals surface area (Å²) in [6.45, 7) is 7.02. The SMILES string of the molecule is CCC[C@@H](O)[C@H](C)CN(Cc1ccccc1)Cc1ccccc1. The second kappa shape index (κ2) is 9.49. The molecule has 2 nitrogen and oxygen atoms in total. The molecule has 0 radical (unpaired) electrons. The molecule has 0 heterocycles. The van der Waals surface area contributed by atoms with Crippen LogP contribution in [0.15, 0.2) is 60.7 Å². The zero-order valence-corrected chi connectivity index (χ0v) is 14.4. The Balaban J connectivity index is 2.04. The van der Waals surface area contributed by atoms with Gasteiger partial charge >= 0.3 is 0 Å². The van der Waals surface area contributed by atoms with Crippen LogP contribution < -0.4 is 0 Å². The van der Waals surface area contributed by atoms with Crippen LogP contribution in [0.2, 0.25) is 0 Å². The Hall–Kier alpha value is -1.64. The molecule has 0 saturated heterocycles. The van der Waals surface area contributed by atoms with Gasteiger partial charge in [-0.2, -0.15) is 0 Å². The summed E-state index contributed by atoms with van der Waals surface area (Å²) in [4.78, 5) is 2.44. The van der Waals surface area contributed by atoms with Crippen molar-refractivity contribution in [2.45, 2.75) is 45.9 Å². The van der Waals surface area contributed by atoms with Crippen molar-refractivity contribution in [1.82, 2.24) is 4.90 Å². The maximum atomic E-state index is 10.3. The van der Waals surface area contributed by atoms with Crippen molar-refractivity contribution in [3.63, 3.8) is 0 Å². The van der Waals surface area contributed by atoms with E-state index in [0.717, 1.165) is 32.5 Å². The van der Waals surface area contributed by atoms with Crippen molar-refractivity contribution in [3.05, 3.63) is 71.8 Å². The summed E-state index contributed by atoms with van der Waals surface area (Å²) in [6.07, 6.45) is 1.70. The molecule has 2 rings (SSSR count). The standard InChI is InChI=1S/C21H29NO/c1-3-10-21(23)18(2)15-22(16-19-11-6-4-7-12-19)17-20-13-8-5-9-14-20/h4-9,11-14,18,21,23H,3,10,15-17H2,1-2H3/t18-,21-/m1/s1. The minimum atomic E-state index is -0.214. The highest BCUT2D eigenvalue weighted by Gasteiger charge is 2.17. The second-order valence-corrected chi connectivity index (χ2v) is 6.47. The largest absolute Gasteiger partial charge is 0.393 e. The van der Waals surface area contributed by atoms with E-state index in [1.54, 1.807) is 0 Å². The van der Waals surface area contributed by atoms with E-state index in [-0.39, 0.29) is 12.0 Å². The van der Waals surface area contributed by atoms with Gasteiger partial charge in [-0.05, 0) is 23.5 Å². The van der Waals surface area contributed by atoms with Crippen LogP contribution >= 0.6 is 0 Å². The summed E-state index contributed by atoms with van der Waals surface area (Å²) in [5.41, 5.74) is 2.64. The first-order valence-electron chi connectivity index (χ1n) is 8.67. The molecule has 0 unspecified atom stereocenters. The van der Waals surface area contributed by atoms with Crippen LogP contribution in [0.25, 0.3) is 0 Å². The lowest BCUT2D eigenvalue weighted by atomic mass is 9.99. The lowest BCUT2D eigenvalue weighted by molar-refractivity contribution is 0.0762. The summed E-state index contributed by atoms with van der Waals surface area (Å²) >= 11 is 0. The van der Waals surface area contributed by atoms with Gasteiger partial charge in [-0.15, -0.1) is 0 Å². The van der Waals surface area contributed by atoms with Crippen LogP contribution in [-0.4, -0.2) is 22.7 Å². The number of hydrogen-bond donors (Lipinski definition) is 1. The number of hydrogen-bond acceptors (Lipinski definition) is 2. The molecule has 2 atom stereocenters. The monoisotopic (exact) mass is 311 g/mol. The first-order chi connectivity index (χ1) is 11.2. The van der Waals surface area contributed by atoms with Crippen LogP contribution in [0, 0.1) is 5.92 Å². The van der Waals surface area contributed by atoms with Crippen LogP contribution in [-0.2, 0) is 13.1 Å². The van der Waals surface area contributed by atoms with Crippen molar-refractivity contribution < 1.29 is 5.11 Å². The molecule has 0 aliphatic heterocycles. The molecule has 2 heteroatoms. The highest BCUT2D eigenvalue weighted by atomic mass is 16.3. The topological polar surface area (TPSA) is 23.5 Å². The zero-order chi connectivity index (χ0) is 16.5. The van der Waals surface area contributed by atoms with Gasteiger partial charge in [0, 0.05) is 19.6 Å². The highest BCUT2D eigenvalue weighted by molar-refractivity contribution is 5.17. The van der Waals surface area contributed by atoms with Crippen LogP contribution in [0.5, 0.6) is 0 Å². The summed E-state index contributed by atoms with van der Waals surface area (Å²) in [5.74, 6) is 0.280. The molecule has 1 N–H and O–H groups in total. The Labute approximate surface area is 140 Å². The van der Waals surface area contributed by atoms with Crippen LogP contribution in [0.3, 0.4) is 0 Å². The smallest absolute Gasteiger partial charge is 0.0577 e. The molecule has 23 heavy (non-hydrogen) atoms. The van der Waals surface area contributed by atoms with Gasteiger partial charge in [-0.1, -0.05) is 80.9 Å². The Morgan fingerprint density at radius 3 is 1.78 bits per heavy atom. The Morgan fingerprint density at radius 2 is 1.35 bits per heavy atom. The van der Waals surface area contributed by atoms with Crippen LogP contribution in [0.4, 0.5) is 0 Å². The predicted molar refractivity (Wildman–Crippen MR) is 97.1 cm³/mol. The van der Waals surface area contributed by atoms with E-state index in [1.165, 1.54) is 11.1 Å². The van der Waals surface area contributed by atoms with Gasteiger partial charge in [0.05, 0.1) is 6.10 Å². The molecule has 124 valence electrons. The van der Waals surface area contributed by atoms with Gasteiger partial charge in [0.1, 0.15) is 0 Å². The summed E-state index contributed by atoms with van der Waals surface area (Å²) < 4.78 is 0. The summed E-state index contributed by atoms with van der Waals surface area (Å²) in [6, 6.07) is 21.2. The van der Waals surface area contributed by atoms with Crippen LogP contribution in [0.1, 0.15) is 37.8 Å². The molecular weight excluding hydrogens is 282 g/mol. The van der Waals surface area contributed by atoms with E-state index in [1.807, 2.05) is 0 Å². The molecule has 0 fully saturated rings. The third-order valence-corrected chi connectivity index (χ3v) is 4.29. The minimum Gasteiger partial charge on any atom is -0.393 e. The summed E-state index contributed by atoms with van der Waals surface area (Å²) in [5, 5.41) is 10.3.